The molecule has 0 aromatic carbocycles. The summed E-state index contributed by atoms with van der Waals surface area (Å²) in [5.74, 6) is 0.151. The van der Waals surface area contributed by atoms with Crippen molar-refractivity contribution in [2.45, 2.75) is 57.8 Å². The Bertz CT molecular complexity index is 268. The van der Waals surface area contributed by atoms with E-state index in [1.807, 2.05) is 0 Å². The summed E-state index contributed by atoms with van der Waals surface area (Å²) in [5.41, 5.74) is 10.6. The van der Waals surface area contributed by atoms with Crippen LogP contribution >= 0.6 is 0 Å². The van der Waals surface area contributed by atoms with Crippen molar-refractivity contribution in [3.8, 4) is 0 Å². The van der Waals surface area contributed by atoms with Gasteiger partial charge in [0.05, 0.1) is 5.54 Å². The molecule has 0 bridgehead atoms. The third-order valence-electron chi connectivity index (χ3n) is 3.45. The molecule has 0 saturated carbocycles. The molecule has 0 aliphatic carbocycles. The van der Waals surface area contributed by atoms with E-state index in [4.69, 9.17) is 15.9 Å². The predicted molar refractivity (Wildman–Crippen MR) is 73.0 cm³/mol. The average molecular weight is 245 g/mol. The number of hydrogen-bond donors (Lipinski definition) is 2. The van der Waals surface area contributed by atoms with Gasteiger partial charge in [-0.1, -0.05) is 13.8 Å². The zero-order valence-corrected chi connectivity index (χ0v) is 12.7. The largest absolute Gasteiger partial charge is 0.420 e. The fourth-order valence-corrected chi connectivity index (χ4v) is 3.37. The van der Waals surface area contributed by atoms with Crippen LogP contribution in [0.15, 0.2) is 4.99 Å². The highest BCUT2D eigenvalue weighted by Crippen LogP contribution is 2.45. The lowest BCUT2D eigenvalue weighted by atomic mass is 9.92. The highest BCUT2D eigenvalue weighted by Gasteiger charge is 2.43. The predicted octanol–water partition coefficient (Wildman–Crippen LogP) is 2.06. The Morgan fingerprint density at radius 2 is 1.62 bits per heavy atom. The summed E-state index contributed by atoms with van der Waals surface area (Å²) in [6.07, 6.45) is 0.908. The zero-order chi connectivity index (χ0) is 13.2. The van der Waals surface area contributed by atoms with Gasteiger partial charge in [0.15, 0.2) is 14.3 Å². The normalized spacial score (nSPS) is 13.7. The number of hydrogen-bond acceptors (Lipinski definition) is 2. The van der Waals surface area contributed by atoms with Gasteiger partial charge in [0, 0.05) is 7.11 Å². The van der Waals surface area contributed by atoms with E-state index in [0.717, 1.165) is 6.42 Å². The van der Waals surface area contributed by atoms with Gasteiger partial charge in [-0.05, 0) is 38.4 Å². The molecule has 0 unspecified atom stereocenters. The van der Waals surface area contributed by atoms with E-state index in [1.165, 1.54) is 0 Å². The van der Waals surface area contributed by atoms with Crippen molar-refractivity contribution in [3.05, 3.63) is 0 Å². The number of guanidine groups is 1. The van der Waals surface area contributed by atoms with Crippen LogP contribution in [0, 0.1) is 0 Å². The molecular weight excluding hydrogens is 218 g/mol. The van der Waals surface area contributed by atoms with Crippen LogP contribution in [0.1, 0.15) is 34.1 Å². The first kappa shape index (κ1) is 15.4. The Labute approximate surface area is 101 Å². The molecule has 0 aromatic heterocycles. The van der Waals surface area contributed by atoms with E-state index in [9.17, 15) is 0 Å². The SMILES string of the molecule is CO[Si](C)(C)C(C)(C)CC(C)(C)N=C(N)N. The highest BCUT2D eigenvalue weighted by molar-refractivity contribution is 6.74. The summed E-state index contributed by atoms with van der Waals surface area (Å²) in [6.45, 7) is 13.0. The van der Waals surface area contributed by atoms with E-state index < -0.39 is 8.32 Å². The van der Waals surface area contributed by atoms with Gasteiger partial charge in [-0.3, -0.25) is 0 Å². The van der Waals surface area contributed by atoms with Crippen molar-refractivity contribution in [1.29, 1.82) is 0 Å². The van der Waals surface area contributed by atoms with E-state index in [-0.39, 0.29) is 16.5 Å². The maximum atomic E-state index is 5.68. The second-order valence-electron chi connectivity index (χ2n) is 6.12. The Balaban J connectivity index is 4.90. The van der Waals surface area contributed by atoms with E-state index >= 15 is 0 Å². The molecule has 16 heavy (non-hydrogen) atoms. The minimum Gasteiger partial charge on any atom is -0.420 e. The number of aliphatic imine (C=N–C) groups is 1. The zero-order valence-electron chi connectivity index (χ0n) is 11.7. The molecule has 0 heterocycles. The van der Waals surface area contributed by atoms with Gasteiger partial charge in [-0.2, -0.15) is 0 Å². The minimum atomic E-state index is -1.72. The van der Waals surface area contributed by atoms with Crippen molar-refractivity contribution in [3.63, 3.8) is 0 Å². The Morgan fingerprint density at radius 1 is 1.19 bits per heavy atom. The molecule has 0 spiro atoms. The fourth-order valence-electron chi connectivity index (χ4n) is 1.96. The van der Waals surface area contributed by atoms with Crippen molar-refractivity contribution in [1.82, 2.24) is 0 Å². The van der Waals surface area contributed by atoms with E-state index in [0.29, 0.717) is 0 Å². The lowest BCUT2D eigenvalue weighted by Crippen LogP contribution is -2.45. The van der Waals surface area contributed by atoms with Gasteiger partial charge in [0.1, 0.15) is 0 Å². The van der Waals surface area contributed by atoms with Crippen LogP contribution in [0.5, 0.6) is 0 Å². The number of nitrogens with zero attached hydrogens (tertiary/aromatic N) is 1. The molecule has 0 amide bonds. The maximum absolute atomic E-state index is 5.68. The molecule has 0 aliphatic heterocycles. The monoisotopic (exact) mass is 245 g/mol. The molecule has 0 aliphatic rings. The third-order valence-corrected chi connectivity index (χ3v) is 7.90. The van der Waals surface area contributed by atoms with Crippen LogP contribution in [0.3, 0.4) is 0 Å². The molecular formula is C11H27N3OSi. The van der Waals surface area contributed by atoms with Crippen LogP contribution in [0.25, 0.3) is 0 Å². The minimum absolute atomic E-state index is 0.115. The second-order valence-corrected chi connectivity index (χ2v) is 10.9. The van der Waals surface area contributed by atoms with Gasteiger partial charge in [0.25, 0.3) is 0 Å². The summed E-state index contributed by atoms with van der Waals surface area (Å²) < 4.78 is 5.68. The first-order chi connectivity index (χ1) is 6.93. The van der Waals surface area contributed by atoms with Gasteiger partial charge < -0.3 is 15.9 Å². The lowest BCUT2D eigenvalue weighted by molar-refractivity contribution is 0.326. The van der Waals surface area contributed by atoms with Crippen LogP contribution in [-0.2, 0) is 4.43 Å². The molecule has 4 N–H and O–H groups in total. The molecule has 0 aromatic rings. The molecule has 0 rings (SSSR count). The molecule has 5 heteroatoms. The highest BCUT2D eigenvalue weighted by atomic mass is 28.4. The van der Waals surface area contributed by atoms with Crippen molar-refractivity contribution in [2.75, 3.05) is 7.11 Å². The molecule has 0 saturated heterocycles. The lowest BCUT2D eigenvalue weighted by Gasteiger charge is -2.42. The van der Waals surface area contributed by atoms with Crippen molar-refractivity contribution < 1.29 is 4.43 Å². The topological polar surface area (TPSA) is 73.6 Å². The van der Waals surface area contributed by atoms with Gasteiger partial charge in [-0.15, -0.1) is 0 Å². The second kappa shape index (κ2) is 4.75. The van der Waals surface area contributed by atoms with Crippen LogP contribution in [-0.4, -0.2) is 26.9 Å². The standard InChI is InChI=1S/C11H27N3OSi/c1-10(2,14-9(12)13)8-11(3,4)16(6,7)15-5/h8H2,1-7H3,(H4,12,13,14). The Morgan fingerprint density at radius 3 is 1.94 bits per heavy atom. The molecule has 0 fully saturated rings. The number of rotatable bonds is 5. The quantitative estimate of drug-likeness (QED) is 0.442. The molecule has 0 atom stereocenters. The Kier molecular flexibility index (Phi) is 4.59. The number of nitrogens with two attached hydrogens (primary N) is 2. The first-order valence-electron chi connectivity index (χ1n) is 5.59. The summed E-state index contributed by atoms with van der Waals surface area (Å²) in [7, 11) is 0.0766. The van der Waals surface area contributed by atoms with Crippen LogP contribution in [0.2, 0.25) is 18.1 Å². The third kappa shape index (κ3) is 4.13. The Hall–Kier alpha value is -0.553. The smallest absolute Gasteiger partial charge is 0.191 e. The van der Waals surface area contributed by atoms with Gasteiger partial charge in [0.2, 0.25) is 0 Å². The van der Waals surface area contributed by atoms with Crippen LogP contribution in [0.4, 0.5) is 0 Å². The summed E-state index contributed by atoms with van der Waals surface area (Å²) in [5, 5.41) is 0.115. The summed E-state index contributed by atoms with van der Waals surface area (Å²) in [4.78, 5) is 4.28. The van der Waals surface area contributed by atoms with E-state index in [1.54, 1.807) is 7.11 Å². The molecule has 4 nitrogen and oxygen atoms in total. The van der Waals surface area contributed by atoms with E-state index in [2.05, 4.69) is 45.8 Å². The summed E-state index contributed by atoms with van der Waals surface area (Å²) in [6, 6.07) is 0. The molecule has 96 valence electrons. The summed E-state index contributed by atoms with van der Waals surface area (Å²) >= 11 is 0. The molecule has 0 radical (unpaired) electrons. The van der Waals surface area contributed by atoms with Gasteiger partial charge in [-0.25, -0.2) is 4.99 Å². The average Bonchev–Trinajstić information content (AvgIpc) is 1.98. The van der Waals surface area contributed by atoms with Crippen LogP contribution < -0.4 is 11.5 Å². The fraction of sp³-hybridized carbons (Fsp3) is 0.909. The van der Waals surface area contributed by atoms with Crippen molar-refractivity contribution >= 4 is 14.3 Å². The van der Waals surface area contributed by atoms with Gasteiger partial charge >= 0.3 is 0 Å². The first-order valence-corrected chi connectivity index (χ1v) is 8.50. The maximum Gasteiger partial charge on any atom is 0.191 e. The van der Waals surface area contributed by atoms with Crippen molar-refractivity contribution in [2.24, 2.45) is 16.5 Å².